The largest absolute Gasteiger partial charge is 0.376 e. The Morgan fingerprint density at radius 1 is 1.28 bits per heavy atom. The molecule has 25 heavy (non-hydrogen) atoms. The number of aryl methyl sites for hydroxylation is 2. The van der Waals surface area contributed by atoms with Gasteiger partial charge in [-0.05, 0) is 46.1 Å². The summed E-state index contributed by atoms with van der Waals surface area (Å²) in [5.74, 6) is 0.797. The highest BCUT2D eigenvalue weighted by Gasteiger charge is 2.23. The quantitative estimate of drug-likeness (QED) is 0.805. The fourth-order valence-electron chi connectivity index (χ4n) is 3.56. The number of aromatic nitrogens is 4. The number of piperidine rings is 1. The van der Waals surface area contributed by atoms with Crippen molar-refractivity contribution in [3.63, 3.8) is 0 Å². The summed E-state index contributed by atoms with van der Waals surface area (Å²) in [6.45, 7) is 12.0. The second-order valence-corrected chi connectivity index (χ2v) is 6.68. The highest BCUT2D eigenvalue weighted by atomic mass is 16.5. The molecule has 1 fully saturated rings. The normalized spacial score (nSPS) is 17.9. The maximum absolute atomic E-state index is 5.94. The van der Waals surface area contributed by atoms with E-state index < -0.39 is 0 Å². The average Bonchev–Trinajstić information content (AvgIpc) is 2.94. The monoisotopic (exact) mass is 343 g/mol. The van der Waals surface area contributed by atoms with Gasteiger partial charge in [0.25, 0.3) is 0 Å². The molecule has 0 aromatic carbocycles. The van der Waals surface area contributed by atoms with Gasteiger partial charge in [-0.15, -0.1) is 0 Å². The molecule has 136 valence electrons. The first-order valence-electron chi connectivity index (χ1n) is 9.38. The Bertz CT molecular complexity index is 712. The van der Waals surface area contributed by atoms with Gasteiger partial charge in [0.15, 0.2) is 0 Å². The molecule has 1 atom stereocenters. The molecule has 2 aromatic rings. The molecule has 0 bridgehead atoms. The lowest BCUT2D eigenvalue weighted by Crippen LogP contribution is -2.40. The van der Waals surface area contributed by atoms with Crippen LogP contribution in [0.4, 0.5) is 5.95 Å². The third kappa shape index (κ3) is 3.84. The van der Waals surface area contributed by atoms with Gasteiger partial charge in [0.05, 0.1) is 17.5 Å². The lowest BCUT2D eigenvalue weighted by molar-refractivity contribution is 0.0437. The molecule has 2 aromatic heterocycles. The van der Waals surface area contributed by atoms with Gasteiger partial charge in [-0.25, -0.2) is 9.97 Å². The van der Waals surface area contributed by atoms with Crippen LogP contribution in [0.1, 0.15) is 44.5 Å². The fraction of sp³-hybridized carbons (Fsp3) is 0.632. The molecule has 6 nitrogen and oxygen atoms in total. The molecule has 0 spiro atoms. The van der Waals surface area contributed by atoms with Crippen molar-refractivity contribution in [3.05, 3.63) is 23.7 Å². The van der Waals surface area contributed by atoms with Crippen LogP contribution >= 0.6 is 0 Å². The van der Waals surface area contributed by atoms with Crippen molar-refractivity contribution < 1.29 is 4.74 Å². The van der Waals surface area contributed by atoms with Crippen LogP contribution < -0.4 is 4.90 Å². The zero-order chi connectivity index (χ0) is 17.8. The molecular formula is C19H29N5O. The fourth-order valence-corrected chi connectivity index (χ4v) is 3.56. The number of hydrogen-bond acceptors (Lipinski definition) is 5. The number of ether oxygens (including phenoxy) is 1. The Morgan fingerprint density at radius 3 is 2.84 bits per heavy atom. The Hall–Kier alpha value is -1.95. The minimum Gasteiger partial charge on any atom is -0.376 e. The molecule has 3 heterocycles. The van der Waals surface area contributed by atoms with Crippen molar-refractivity contribution in [1.29, 1.82) is 0 Å². The van der Waals surface area contributed by atoms with Crippen molar-refractivity contribution >= 4 is 5.95 Å². The number of nitrogens with zero attached hydrogens (tertiary/aromatic N) is 5. The summed E-state index contributed by atoms with van der Waals surface area (Å²) in [7, 11) is 0. The summed E-state index contributed by atoms with van der Waals surface area (Å²) in [5.41, 5.74) is 4.26. The van der Waals surface area contributed by atoms with Crippen molar-refractivity contribution in [2.45, 2.75) is 59.6 Å². The number of hydrogen-bond donors (Lipinski definition) is 0. The summed E-state index contributed by atoms with van der Waals surface area (Å²) >= 11 is 0. The van der Waals surface area contributed by atoms with E-state index >= 15 is 0 Å². The van der Waals surface area contributed by atoms with E-state index in [2.05, 4.69) is 35.8 Å². The summed E-state index contributed by atoms with van der Waals surface area (Å²) in [6.07, 6.45) is 5.44. The molecule has 1 saturated heterocycles. The highest BCUT2D eigenvalue weighted by molar-refractivity contribution is 5.65. The second-order valence-electron chi connectivity index (χ2n) is 6.68. The van der Waals surface area contributed by atoms with Crippen LogP contribution in [0.3, 0.4) is 0 Å². The number of rotatable bonds is 6. The van der Waals surface area contributed by atoms with Crippen LogP contribution in [0.2, 0.25) is 0 Å². The van der Waals surface area contributed by atoms with Gasteiger partial charge in [-0.3, -0.25) is 4.68 Å². The van der Waals surface area contributed by atoms with E-state index in [0.29, 0.717) is 0 Å². The van der Waals surface area contributed by atoms with Crippen molar-refractivity contribution in [2.75, 3.05) is 24.6 Å². The van der Waals surface area contributed by atoms with E-state index in [1.54, 1.807) is 0 Å². The van der Waals surface area contributed by atoms with Gasteiger partial charge in [0.1, 0.15) is 0 Å². The van der Waals surface area contributed by atoms with Gasteiger partial charge in [-0.1, -0.05) is 6.92 Å². The molecule has 0 radical (unpaired) electrons. The third-order valence-electron chi connectivity index (χ3n) is 4.80. The van der Waals surface area contributed by atoms with Crippen LogP contribution in [0, 0.1) is 13.8 Å². The lowest BCUT2D eigenvalue weighted by Gasteiger charge is -2.32. The van der Waals surface area contributed by atoms with Crippen molar-refractivity contribution in [1.82, 2.24) is 19.7 Å². The molecular weight excluding hydrogens is 314 g/mol. The zero-order valence-electron chi connectivity index (χ0n) is 15.8. The smallest absolute Gasteiger partial charge is 0.225 e. The molecule has 0 unspecified atom stereocenters. The first kappa shape index (κ1) is 17.9. The SMILES string of the molecule is CCCO[C@@H]1CCCN(c2nccc(-c3c(C)nn(CC)c3C)n2)C1. The summed E-state index contributed by atoms with van der Waals surface area (Å²) in [5, 5.41) is 4.62. The Kier molecular flexibility index (Phi) is 5.68. The predicted octanol–water partition coefficient (Wildman–Crippen LogP) is 3.37. The van der Waals surface area contributed by atoms with Gasteiger partial charge in [0, 0.05) is 43.7 Å². The maximum Gasteiger partial charge on any atom is 0.225 e. The van der Waals surface area contributed by atoms with E-state index in [0.717, 1.165) is 74.1 Å². The minimum atomic E-state index is 0.285. The first-order valence-corrected chi connectivity index (χ1v) is 9.38. The van der Waals surface area contributed by atoms with Crippen LogP contribution in [-0.4, -0.2) is 45.5 Å². The molecule has 0 saturated carbocycles. The van der Waals surface area contributed by atoms with E-state index in [9.17, 15) is 0 Å². The second kappa shape index (κ2) is 7.95. The lowest BCUT2D eigenvalue weighted by atomic mass is 10.1. The molecule has 0 amide bonds. The predicted molar refractivity (Wildman–Crippen MR) is 99.9 cm³/mol. The van der Waals surface area contributed by atoms with Gasteiger partial charge >= 0.3 is 0 Å². The van der Waals surface area contributed by atoms with Crippen LogP contribution in [0.25, 0.3) is 11.3 Å². The van der Waals surface area contributed by atoms with Crippen LogP contribution in [0.15, 0.2) is 12.3 Å². The molecule has 1 aliphatic heterocycles. The molecule has 3 rings (SSSR count). The van der Waals surface area contributed by atoms with Crippen molar-refractivity contribution in [3.8, 4) is 11.3 Å². The van der Waals surface area contributed by atoms with E-state index in [1.807, 2.05) is 23.9 Å². The molecule has 0 aliphatic carbocycles. The highest BCUT2D eigenvalue weighted by Crippen LogP contribution is 2.27. The average molecular weight is 343 g/mol. The molecule has 6 heteroatoms. The van der Waals surface area contributed by atoms with Crippen LogP contribution in [-0.2, 0) is 11.3 Å². The van der Waals surface area contributed by atoms with Gasteiger partial charge in [-0.2, -0.15) is 5.10 Å². The topological polar surface area (TPSA) is 56.1 Å². The minimum absolute atomic E-state index is 0.285. The van der Waals surface area contributed by atoms with E-state index in [-0.39, 0.29) is 6.10 Å². The van der Waals surface area contributed by atoms with Crippen LogP contribution in [0.5, 0.6) is 0 Å². The van der Waals surface area contributed by atoms with Gasteiger partial charge < -0.3 is 9.64 Å². The Balaban J connectivity index is 1.83. The summed E-state index contributed by atoms with van der Waals surface area (Å²) < 4.78 is 7.97. The summed E-state index contributed by atoms with van der Waals surface area (Å²) in [6, 6.07) is 1.98. The number of anilines is 1. The van der Waals surface area contributed by atoms with Crippen molar-refractivity contribution in [2.24, 2.45) is 0 Å². The summed E-state index contributed by atoms with van der Waals surface area (Å²) in [4.78, 5) is 11.6. The zero-order valence-corrected chi connectivity index (χ0v) is 15.8. The third-order valence-corrected chi connectivity index (χ3v) is 4.80. The van der Waals surface area contributed by atoms with Gasteiger partial charge in [0.2, 0.25) is 5.95 Å². The molecule has 0 N–H and O–H groups in total. The molecule has 1 aliphatic rings. The first-order chi connectivity index (χ1) is 12.1. The Morgan fingerprint density at radius 2 is 2.12 bits per heavy atom. The standard InChI is InChI=1S/C19H29N5O/c1-5-12-25-16-8-7-11-23(13-16)19-20-10-9-17(21-19)18-14(3)22-24(6-2)15(18)4/h9-10,16H,5-8,11-13H2,1-4H3/t16-/m1/s1. The van der Waals surface area contributed by atoms with E-state index in [1.165, 1.54) is 0 Å². The Labute approximate surface area is 150 Å². The maximum atomic E-state index is 5.94. The van der Waals surface area contributed by atoms with E-state index in [4.69, 9.17) is 9.72 Å².